The van der Waals surface area contributed by atoms with E-state index in [9.17, 15) is 30.7 Å². The summed E-state index contributed by atoms with van der Waals surface area (Å²) in [7, 11) is 2.34. The van der Waals surface area contributed by atoms with Crippen LogP contribution in [0.4, 0.5) is 53.9 Å². The number of anilines is 4. The number of aromatic nitrogens is 2. The molecule has 6 nitrogen and oxygen atoms in total. The molecule has 0 aliphatic carbocycles. The minimum absolute atomic E-state index is 0.108. The van der Waals surface area contributed by atoms with E-state index in [0.29, 0.717) is 6.20 Å². The molecule has 3 aromatic rings. The predicted octanol–water partition coefficient (Wildman–Crippen LogP) is 6.16. The van der Waals surface area contributed by atoms with Gasteiger partial charge in [0.2, 0.25) is 5.95 Å². The fourth-order valence-electron chi connectivity index (χ4n) is 2.69. The van der Waals surface area contributed by atoms with Crippen LogP contribution < -0.4 is 20.1 Å². The Bertz CT molecular complexity index is 1150. The first kappa shape index (κ1) is 23.9. The van der Waals surface area contributed by atoms with Gasteiger partial charge in [-0.3, -0.25) is 0 Å². The van der Waals surface area contributed by atoms with E-state index < -0.39 is 35.1 Å². The van der Waals surface area contributed by atoms with E-state index in [-0.39, 0.29) is 28.8 Å². The van der Waals surface area contributed by atoms with Crippen molar-refractivity contribution in [1.82, 2.24) is 9.97 Å². The molecule has 0 unspecified atom stereocenters. The topological polar surface area (TPSA) is 68.3 Å². The predicted molar refractivity (Wildman–Crippen MR) is 105 cm³/mol. The smallest absolute Gasteiger partial charge is 0.416 e. The zero-order valence-electron chi connectivity index (χ0n) is 16.9. The Morgan fingerprint density at radius 1 is 0.727 bits per heavy atom. The molecule has 2 aromatic carbocycles. The lowest BCUT2D eigenvalue weighted by molar-refractivity contribution is -0.138. The van der Waals surface area contributed by atoms with E-state index in [1.54, 1.807) is 0 Å². The summed E-state index contributed by atoms with van der Waals surface area (Å²) in [6, 6.07) is 5.43. The number of benzene rings is 2. The first-order valence-electron chi connectivity index (χ1n) is 8.98. The van der Waals surface area contributed by atoms with Gasteiger partial charge in [0.15, 0.2) is 11.6 Å². The molecule has 2 N–H and O–H groups in total. The molecule has 0 bridgehead atoms. The van der Waals surface area contributed by atoms with Crippen LogP contribution in [0.5, 0.6) is 11.5 Å². The average molecular weight is 476 g/mol. The molecular formula is C20H15F7N4O2. The van der Waals surface area contributed by atoms with Crippen LogP contribution in [-0.4, -0.2) is 24.2 Å². The molecule has 33 heavy (non-hydrogen) atoms. The van der Waals surface area contributed by atoms with Gasteiger partial charge in [-0.2, -0.15) is 31.3 Å². The van der Waals surface area contributed by atoms with Crippen molar-refractivity contribution < 1.29 is 40.2 Å². The summed E-state index contributed by atoms with van der Waals surface area (Å²) in [5, 5.41) is 4.88. The first-order chi connectivity index (χ1) is 15.4. The Hall–Kier alpha value is -3.77. The number of nitrogens with zero attached hydrogens (tertiary/aromatic N) is 2. The summed E-state index contributed by atoms with van der Waals surface area (Å²) < 4.78 is 103. The van der Waals surface area contributed by atoms with E-state index in [1.807, 2.05) is 0 Å². The summed E-state index contributed by atoms with van der Waals surface area (Å²) in [4.78, 5) is 7.45. The number of alkyl halides is 6. The maximum absolute atomic E-state index is 14.2. The van der Waals surface area contributed by atoms with Crippen LogP contribution in [0.15, 0.2) is 42.6 Å². The van der Waals surface area contributed by atoms with E-state index in [4.69, 9.17) is 9.47 Å². The van der Waals surface area contributed by atoms with E-state index >= 15 is 0 Å². The number of methoxy groups -OCH3 is 2. The van der Waals surface area contributed by atoms with Gasteiger partial charge in [0.05, 0.1) is 31.5 Å². The summed E-state index contributed by atoms with van der Waals surface area (Å²) in [6.07, 6.45) is -8.65. The third kappa shape index (κ3) is 5.93. The zero-order valence-corrected chi connectivity index (χ0v) is 16.9. The van der Waals surface area contributed by atoms with Crippen LogP contribution in [0, 0.1) is 5.82 Å². The lowest BCUT2D eigenvalue weighted by Gasteiger charge is -2.14. The normalized spacial score (nSPS) is 11.8. The molecule has 0 atom stereocenters. The van der Waals surface area contributed by atoms with Gasteiger partial charge in [-0.25, -0.2) is 9.37 Å². The van der Waals surface area contributed by atoms with Crippen LogP contribution >= 0.6 is 0 Å². The van der Waals surface area contributed by atoms with Crippen LogP contribution in [0.1, 0.15) is 11.1 Å². The van der Waals surface area contributed by atoms with Crippen LogP contribution in [0.2, 0.25) is 0 Å². The van der Waals surface area contributed by atoms with Crippen molar-refractivity contribution >= 4 is 23.1 Å². The monoisotopic (exact) mass is 476 g/mol. The molecule has 0 aliphatic rings. The second-order valence-electron chi connectivity index (χ2n) is 6.54. The van der Waals surface area contributed by atoms with Crippen molar-refractivity contribution in [3.63, 3.8) is 0 Å². The summed E-state index contributed by atoms with van der Waals surface area (Å²) in [5.74, 6) is -2.11. The Kier molecular flexibility index (Phi) is 6.51. The Morgan fingerprint density at radius 2 is 1.21 bits per heavy atom. The van der Waals surface area contributed by atoms with Gasteiger partial charge in [-0.05, 0) is 24.3 Å². The van der Waals surface area contributed by atoms with Crippen molar-refractivity contribution in [3.05, 3.63) is 59.5 Å². The van der Waals surface area contributed by atoms with Crippen molar-refractivity contribution in [3.8, 4) is 11.5 Å². The third-order valence-electron chi connectivity index (χ3n) is 4.20. The van der Waals surface area contributed by atoms with E-state index in [1.165, 1.54) is 19.2 Å². The number of rotatable bonds is 6. The number of ether oxygens (including phenoxy) is 2. The highest BCUT2D eigenvalue weighted by atomic mass is 19.4. The molecule has 0 radical (unpaired) electrons. The van der Waals surface area contributed by atoms with Crippen LogP contribution in [0.3, 0.4) is 0 Å². The van der Waals surface area contributed by atoms with Gasteiger partial charge in [-0.1, -0.05) is 0 Å². The van der Waals surface area contributed by atoms with Crippen molar-refractivity contribution in [1.29, 1.82) is 0 Å². The molecule has 0 saturated heterocycles. The molecule has 13 heteroatoms. The highest BCUT2D eigenvalue weighted by Gasteiger charge is 2.32. The van der Waals surface area contributed by atoms with Crippen molar-refractivity contribution in [2.24, 2.45) is 0 Å². The Morgan fingerprint density at radius 3 is 1.67 bits per heavy atom. The maximum Gasteiger partial charge on any atom is 0.416 e. The summed E-state index contributed by atoms with van der Waals surface area (Å²) in [6.45, 7) is 0. The second kappa shape index (κ2) is 9.00. The Balaban J connectivity index is 1.93. The number of halogens is 7. The van der Waals surface area contributed by atoms with E-state index in [2.05, 4.69) is 20.6 Å². The van der Waals surface area contributed by atoms with Gasteiger partial charge in [-0.15, -0.1) is 0 Å². The lowest BCUT2D eigenvalue weighted by Crippen LogP contribution is -2.08. The lowest BCUT2D eigenvalue weighted by atomic mass is 10.1. The van der Waals surface area contributed by atoms with Gasteiger partial charge in [0, 0.05) is 23.5 Å². The summed E-state index contributed by atoms with van der Waals surface area (Å²) >= 11 is 0. The van der Waals surface area contributed by atoms with Gasteiger partial charge >= 0.3 is 12.4 Å². The molecule has 1 aromatic heterocycles. The molecule has 3 rings (SSSR count). The quantitative estimate of drug-likeness (QED) is 0.416. The van der Waals surface area contributed by atoms with Gasteiger partial charge in [0.25, 0.3) is 0 Å². The highest BCUT2D eigenvalue weighted by molar-refractivity contribution is 5.63. The Labute approximate surface area is 182 Å². The highest BCUT2D eigenvalue weighted by Crippen LogP contribution is 2.36. The van der Waals surface area contributed by atoms with Crippen LogP contribution in [-0.2, 0) is 12.4 Å². The first-order valence-corrected chi connectivity index (χ1v) is 8.98. The second-order valence-corrected chi connectivity index (χ2v) is 6.54. The SMILES string of the molecule is COc1cc(Nc2ncc(F)c(Nc3cc(OC)cc(C(F)(F)F)c3)n2)cc(C(F)(F)F)c1. The largest absolute Gasteiger partial charge is 0.497 e. The molecule has 0 saturated carbocycles. The molecular weight excluding hydrogens is 461 g/mol. The van der Waals surface area contributed by atoms with Gasteiger partial charge in [0.1, 0.15) is 11.5 Å². The molecule has 1 heterocycles. The van der Waals surface area contributed by atoms with Gasteiger partial charge < -0.3 is 20.1 Å². The minimum Gasteiger partial charge on any atom is -0.497 e. The van der Waals surface area contributed by atoms with Crippen molar-refractivity contribution in [2.45, 2.75) is 12.4 Å². The molecule has 0 fully saturated rings. The van der Waals surface area contributed by atoms with Crippen molar-refractivity contribution in [2.75, 3.05) is 24.9 Å². The number of nitrogens with one attached hydrogen (secondary N) is 2. The van der Waals surface area contributed by atoms with Crippen LogP contribution in [0.25, 0.3) is 0 Å². The van der Waals surface area contributed by atoms with E-state index in [0.717, 1.165) is 31.4 Å². The fourth-order valence-corrected chi connectivity index (χ4v) is 2.69. The number of hydrogen-bond acceptors (Lipinski definition) is 6. The molecule has 0 amide bonds. The molecule has 176 valence electrons. The molecule has 0 aliphatic heterocycles. The summed E-state index contributed by atoms with van der Waals surface area (Å²) in [5.41, 5.74) is -2.36. The standard InChI is InChI=1S/C20H15F7N4O2/c1-32-14-5-10(19(22,23)24)3-12(7-14)29-17-16(21)9-28-18(31-17)30-13-4-11(20(25,26)27)6-15(8-13)33-2/h3-9H,1-2H3,(H2,28,29,30,31). The number of hydrogen-bond donors (Lipinski definition) is 2. The molecule has 0 spiro atoms. The minimum atomic E-state index is -4.69. The average Bonchev–Trinajstić information content (AvgIpc) is 2.74. The maximum atomic E-state index is 14.2. The third-order valence-corrected chi connectivity index (χ3v) is 4.20. The zero-order chi connectivity index (χ0) is 24.4. The fraction of sp³-hybridized carbons (Fsp3) is 0.200.